The molecular weight excluding hydrogens is 218 g/mol. The van der Waals surface area contributed by atoms with Gasteiger partial charge in [0.15, 0.2) is 5.78 Å². The van der Waals surface area contributed by atoms with Gasteiger partial charge in [0.25, 0.3) is 0 Å². The number of carbonyl (C=O) groups excluding carboxylic acids is 1. The van der Waals surface area contributed by atoms with Crippen LogP contribution in [-0.2, 0) is 0 Å². The van der Waals surface area contributed by atoms with E-state index in [0.29, 0.717) is 18.4 Å². The molecule has 82 valence electrons. The molecule has 0 amide bonds. The van der Waals surface area contributed by atoms with Crippen LogP contribution < -0.4 is 0 Å². The maximum absolute atomic E-state index is 12.2. The number of hydrogen-bond donors (Lipinski definition) is 0. The minimum atomic E-state index is -0.721. The van der Waals surface area contributed by atoms with Crippen LogP contribution in [0, 0.1) is 16.7 Å². The SMILES string of the molecule is CSc1ccc(C(=O)C2(C#N)CCC2)cc1. The first-order valence-corrected chi connectivity index (χ1v) is 6.54. The van der Waals surface area contributed by atoms with E-state index in [2.05, 4.69) is 6.07 Å². The fraction of sp³-hybridized carbons (Fsp3) is 0.385. The number of hydrogen-bond acceptors (Lipinski definition) is 3. The van der Waals surface area contributed by atoms with Gasteiger partial charge in [-0.15, -0.1) is 11.8 Å². The molecule has 0 radical (unpaired) electrons. The van der Waals surface area contributed by atoms with Gasteiger partial charge in [-0.1, -0.05) is 12.1 Å². The molecule has 3 heteroatoms. The van der Waals surface area contributed by atoms with Gasteiger partial charge >= 0.3 is 0 Å². The molecule has 1 aromatic carbocycles. The summed E-state index contributed by atoms with van der Waals surface area (Å²) in [6, 6.07) is 9.70. The number of ketones is 1. The standard InChI is InChI=1S/C13H13NOS/c1-16-11-5-3-10(4-6-11)12(15)13(9-14)7-2-8-13/h3-6H,2,7-8H2,1H3. The van der Waals surface area contributed by atoms with Gasteiger partial charge < -0.3 is 0 Å². The van der Waals surface area contributed by atoms with Gasteiger partial charge in [-0.3, -0.25) is 4.79 Å². The van der Waals surface area contributed by atoms with Crippen LogP contribution >= 0.6 is 11.8 Å². The van der Waals surface area contributed by atoms with Gasteiger partial charge in [0.1, 0.15) is 5.41 Å². The maximum atomic E-state index is 12.2. The number of Topliss-reactive ketones (excluding diaryl/α,β-unsaturated/α-hetero) is 1. The van der Waals surface area contributed by atoms with Crippen LogP contribution in [0.1, 0.15) is 29.6 Å². The van der Waals surface area contributed by atoms with Crippen LogP contribution in [0.2, 0.25) is 0 Å². The number of thioether (sulfide) groups is 1. The molecule has 0 spiro atoms. The second-order valence-electron chi connectivity index (χ2n) is 4.11. The van der Waals surface area contributed by atoms with Crippen molar-refractivity contribution < 1.29 is 4.79 Å². The average molecular weight is 231 g/mol. The quantitative estimate of drug-likeness (QED) is 0.592. The van der Waals surface area contributed by atoms with Crippen LogP contribution in [0.4, 0.5) is 0 Å². The topological polar surface area (TPSA) is 40.9 Å². The smallest absolute Gasteiger partial charge is 0.183 e. The van der Waals surface area contributed by atoms with Gasteiger partial charge in [-0.2, -0.15) is 5.26 Å². The van der Waals surface area contributed by atoms with Gasteiger partial charge in [0.05, 0.1) is 6.07 Å². The molecule has 0 unspecified atom stereocenters. The largest absolute Gasteiger partial charge is 0.292 e. The zero-order chi connectivity index (χ0) is 11.6. The van der Waals surface area contributed by atoms with E-state index in [-0.39, 0.29) is 5.78 Å². The molecule has 0 N–H and O–H groups in total. The summed E-state index contributed by atoms with van der Waals surface area (Å²) in [5, 5.41) is 9.09. The Bertz CT molecular complexity index is 440. The van der Waals surface area contributed by atoms with Crippen molar-refractivity contribution in [3.63, 3.8) is 0 Å². The summed E-state index contributed by atoms with van der Waals surface area (Å²) >= 11 is 1.65. The highest BCUT2D eigenvalue weighted by Gasteiger charge is 2.44. The highest BCUT2D eigenvalue weighted by molar-refractivity contribution is 7.98. The molecule has 0 saturated heterocycles. The zero-order valence-electron chi connectivity index (χ0n) is 9.19. The molecule has 2 nitrogen and oxygen atoms in total. The second kappa shape index (κ2) is 4.31. The van der Waals surface area contributed by atoms with Crippen LogP contribution in [0.3, 0.4) is 0 Å². The molecule has 2 rings (SSSR count). The monoisotopic (exact) mass is 231 g/mol. The summed E-state index contributed by atoms with van der Waals surface area (Å²) in [5.74, 6) is -0.00565. The Hall–Kier alpha value is -1.27. The first-order chi connectivity index (χ1) is 7.72. The highest BCUT2D eigenvalue weighted by atomic mass is 32.2. The van der Waals surface area contributed by atoms with Gasteiger partial charge in [-0.05, 0) is 37.7 Å². The Morgan fingerprint density at radius 3 is 2.38 bits per heavy atom. The average Bonchev–Trinajstić information content (AvgIpc) is 2.28. The van der Waals surface area contributed by atoms with Gasteiger partial charge in [0, 0.05) is 10.5 Å². The van der Waals surface area contributed by atoms with E-state index >= 15 is 0 Å². The summed E-state index contributed by atoms with van der Waals surface area (Å²) in [6.07, 6.45) is 4.42. The fourth-order valence-electron chi connectivity index (χ4n) is 1.94. The van der Waals surface area contributed by atoms with E-state index in [1.807, 2.05) is 30.5 Å². The van der Waals surface area contributed by atoms with Crippen LogP contribution in [-0.4, -0.2) is 12.0 Å². The van der Waals surface area contributed by atoms with E-state index in [1.165, 1.54) is 0 Å². The minimum absolute atomic E-state index is 0.00565. The van der Waals surface area contributed by atoms with Crippen molar-refractivity contribution in [3.05, 3.63) is 29.8 Å². The molecule has 1 fully saturated rings. The van der Waals surface area contributed by atoms with Crippen molar-refractivity contribution in [2.24, 2.45) is 5.41 Å². The lowest BCUT2D eigenvalue weighted by molar-refractivity contribution is 0.0748. The van der Waals surface area contributed by atoms with Crippen molar-refractivity contribution in [2.45, 2.75) is 24.2 Å². The van der Waals surface area contributed by atoms with E-state index in [9.17, 15) is 4.79 Å². The van der Waals surface area contributed by atoms with Crippen molar-refractivity contribution >= 4 is 17.5 Å². The second-order valence-corrected chi connectivity index (χ2v) is 4.98. The van der Waals surface area contributed by atoms with Gasteiger partial charge in [-0.25, -0.2) is 0 Å². The van der Waals surface area contributed by atoms with Crippen LogP contribution in [0.15, 0.2) is 29.2 Å². The number of carbonyl (C=O) groups is 1. The number of benzene rings is 1. The molecule has 0 aromatic heterocycles. The summed E-state index contributed by atoms with van der Waals surface area (Å²) in [4.78, 5) is 13.3. The Kier molecular flexibility index (Phi) is 3.02. The lowest BCUT2D eigenvalue weighted by Gasteiger charge is -2.33. The van der Waals surface area contributed by atoms with Crippen molar-refractivity contribution in [3.8, 4) is 6.07 Å². The van der Waals surface area contributed by atoms with Gasteiger partial charge in [0.2, 0.25) is 0 Å². The van der Waals surface area contributed by atoms with Crippen LogP contribution in [0.5, 0.6) is 0 Å². The predicted octanol–water partition coefficient (Wildman–Crippen LogP) is 3.29. The fourth-order valence-corrected chi connectivity index (χ4v) is 2.35. The van der Waals surface area contributed by atoms with Crippen molar-refractivity contribution in [2.75, 3.05) is 6.26 Å². The third kappa shape index (κ3) is 1.74. The number of rotatable bonds is 3. The molecular formula is C13H13NOS. The summed E-state index contributed by atoms with van der Waals surface area (Å²) in [6.45, 7) is 0. The summed E-state index contributed by atoms with van der Waals surface area (Å²) in [5.41, 5.74) is -0.0556. The third-order valence-corrected chi connectivity index (χ3v) is 3.95. The Balaban J connectivity index is 2.24. The van der Waals surface area contributed by atoms with E-state index in [4.69, 9.17) is 5.26 Å². The Morgan fingerprint density at radius 2 is 2.00 bits per heavy atom. The molecule has 1 saturated carbocycles. The molecule has 0 atom stereocenters. The lowest BCUT2D eigenvalue weighted by Crippen LogP contribution is -2.36. The predicted molar refractivity (Wildman–Crippen MR) is 64.5 cm³/mol. The number of nitriles is 1. The first kappa shape index (κ1) is 11.2. The highest BCUT2D eigenvalue weighted by Crippen LogP contribution is 2.42. The van der Waals surface area contributed by atoms with Crippen molar-refractivity contribution in [1.82, 2.24) is 0 Å². The van der Waals surface area contributed by atoms with Crippen LogP contribution in [0.25, 0.3) is 0 Å². The van der Waals surface area contributed by atoms with Crippen molar-refractivity contribution in [1.29, 1.82) is 5.26 Å². The Labute approximate surface area is 99.7 Å². The lowest BCUT2D eigenvalue weighted by atomic mass is 9.66. The summed E-state index contributed by atoms with van der Waals surface area (Å²) in [7, 11) is 0. The normalized spacial score (nSPS) is 17.2. The molecule has 16 heavy (non-hydrogen) atoms. The molecule has 1 aliphatic rings. The molecule has 1 aromatic rings. The molecule has 0 bridgehead atoms. The maximum Gasteiger partial charge on any atom is 0.183 e. The summed E-state index contributed by atoms with van der Waals surface area (Å²) < 4.78 is 0. The number of nitrogens with zero attached hydrogens (tertiary/aromatic N) is 1. The van der Waals surface area contributed by atoms with E-state index < -0.39 is 5.41 Å². The van der Waals surface area contributed by atoms with E-state index in [0.717, 1.165) is 11.3 Å². The Morgan fingerprint density at radius 1 is 1.38 bits per heavy atom. The first-order valence-electron chi connectivity index (χ1n) is 5.32. The molecule has 0 heterocycles. The minimum Gasteiger partial charge on any atom is -0.292 e. The molecule has 1 aliphatic carbocycles. The van der Waals surface area contributed by atoms with E-state index in [1.54, 1.807) is 11.8 Å². The zero-order valence-corrected chi connectivity index (χ0v) is 10.0. The third-order valence-electron chi connectivity index (χ3n) is 3.21. The molecule has 0 aliphatic heterocycles.